The number of benzene rings is 1. The maximum absolute atomic E-state index is 15.4. The first-order valence-electron chi connectivity index (χ1n) is 12.1. The highest BCUT2D eigenvalue weighted by molar-refractivity contribution is 6.04. The number of pyridine rings is 1. The Morgan fingerprint density at radius 1 is 1.11 bits per heavy atom. The molecule has 188 valence electrons. The summed E-state index contributed by atoms with van der Waals surface area (Å²) in [4.78, 5) is 40.2. The number of piperidine rings is 1. The highest BCUT2D eigenvalue weighted by Crippen LogP contribution is 2.40. The van der Waals surface area contributed by atoms with E-state index < -0.39 is 11.7 Å². The van der Waals surface area contributed by atoms with Crippen LogP contribution in [0.5, 0.6) is 0 Å². The molecule has 2 amide bonds. The molecule has 0 bridgehead atoms. The zero-order valence-electron chi connectivity index (χ0n) is 19.9. The van der Waals surface area contributed by atoms with E-state index in [-0.39, 0.29) is 28.3 Å². The standard InChI is InChI=1S/C26H25FN8O2/c27-18-15-16(23(36)32-19-3-1-2-9-29-19)4-5-17(18)20-21-22(28)30-11-14-35(21)25(33-20)34-12-7-26(8-13-34)6-10-31-24(26)37/h1-5,9,11,14-15H,6-8,10,12-13H2,(H2,28,30)(H,31,37)(H,29,32,36). The zero-order valence-corrected chi connectivity index (χ0v) is 19.9. The minimum atomic E-state index is -0.608. The van der Waals surface area contributed by atoms with Crippen LogP contribution in [0.2, 0.25) is 0 Å². The third kappa shape index (κ3) is 3.92. The predicted molar refractivity (Wildman–Crippen MR) is 136 cm³/mol. The number of amides is 2. The van der Waals surface area contributed by atoms with Crippen LogP contribution >= 0.6 is 0 Å². The average Bonchev–Trinajstić information content (AvgIpc) is 3.46. The normalized spacial score (nSPS) is 16.8. The summed E-state index contributed by atoms with van der Waals surface area (Å²) in [6.45, 7) is 2.00. The smallest absolute Gasteiger partial charge is 0.256 e. The van der Waals surface area contributed by atoms with Gasteiger partial charge in [-0.2, -0.15) is 0 Å². The van der Waals surface area contributed by atoms with Crippen molar-refractivity contribution in [3.63, 3.8) is 0 Å². The Bertz CT molecular complexity index is 1510. The number of carbonyl (C=O) groups excluding carboxylic acids is 2. The van der Waals surface area contributed by atoms with Gasteiger partial charge in [0.25, 0.3) is 5.91 Å². The Balaban J connectivity index is 1.33. The van der Waals surface area contributed by atoms with Crippen LogP contribution in [0.1, 0.15) is 29.6 Å². The van der Waals surface area contributed by atoms with Gasteiger partial charge in [0.15, 0.2) is 0 Å². The molecule has 5 heterocycles. The number of aromatic nitrogens is 4. The van der Waals surface area contributed by atoms with E-state index in [0.717, 1.165) is 19.3 Å². The number of nitrogens with two attached hydrogens (primary N) is 1. The first-order valence-corrected chi connectivity index (χ1v) is 12.1. The molecular formula is C26H25FN8O2. The minimum absolute atomic E-state index is 0.128. The molecule has 2 aliphatic heterocycles. The number of halogens is 1. The lowest BCUT2D eigenvalue weighted by Gasteiger charge is -2.37. The van der Waals surface area contributed by atoms with E-state index in [9.17, 15) is 9.59 Å². The fraction of sp³-hybridized carbons (Fsp3) is 0.269. The Labute approximate surface area is 211 Å². The van der Waals surface area contributed by atoms with Crippen molar-refractivity contribution in [2.75, 3.05) is 35.6 Å². The zero-order chi connectivity index (χ0) is 25.6. The van der Waals surface area contributed by atoms with E-state index in [1.807, 2.05) is 4.40 Å². The van der Waals surface area contributed by atoms with Crippen molar-refractivity contribution < 1.29 is 14.0 Å². The van der Waals surface area contributed by atoms with Gasteiger partial charge in [0.05, 0.1) is 5.41 Å². The van der Waals surface area contributed by atoms with Crippen molar-refractivity contribution in [3.8, 4) is 11.3 Å². The molecular weight excluding hydrogens is 475 g/mol. The van der Waals surface area contributed by atoms with E-state index in [1.165, 1.54) is 18.2 Å². The summed E-state index contributed by atoms with van der Waals surface area (Å²) in [6.07, 6.45) is 7.17. The van der Waals surface area contributed by atoms with E-state index in [2.05, 4.69) is 25.5 Å². The number of nitrogens with zero attached hydrogens (tertiary/aromatic N) is 5. The van der Waals surface area contributed by atoms with Crippen LogP contribution in [-0.2, 0) is 4.79 Å². The minimum Gasteiger partial charge on any atom is -0.382 e. The molecule has 2 fully saturated rings. The molecule has 37 heavy (non-hydrogen) atoms. The Hall–Kier alpha value is -4.54. The molecule has 4 aromatic rings. The van der Waals surface area contributed by atoms with Gasteiger partial charge in [-0.05, 0) is 49.6 Å². The van der Waals surface area contributed by atoms with Crippen molar-refractivity contribution in [1.29, 1.82) is 0 Å². The second-order valence-corrected chi connectivity index (χ2v) is 9.43. The number of hydrogen-bond donors (Lipinski definition) is 3. The summed E-state index contributed by atoms with van der Waals surface area (Å²) < 4.78 is 17.2. The topological polar surface area (TPSA) is 131 Å². The van der Waals surface area contributed by atoms with Crippen molar-refractivity contribution in [2.24, 2.45) is 5.41 Å². The van der Waals surface area contributed by atoms with Crippen LogP contribution in [0.3, 0.4) is 0 Å². The van der Waals surface area contributed by atoms with Crippen LogP contribution in [0.4, 0.5) is 22.0 Å². The molecule has 2 aliphatic rings. The number of fused-ring (bicyclic) bond motifs is 1. The van der Waals surface area contributed by atoms with Gasteiger partial charge in [0, 0.05) is 49.4 Å². The fourth-order valence-electron chi connectivity index (χ4n) is 5.26. The van der Waals surface area contributed by atoms with Crippen molar-refractivity contribution >= 4 is 34.9 Å². The summed E-state index contributed by atoms with van der Waals surface area (Å²) in [7, 11) is 0. The van der Waals surface area contributed by atoms with Crippen LogP contribution in [-0.4, -0.2) is 50.8 Å². The van der Waals surface area contributed by atoms with E-state index >= 15 is 4.39 Å². The second-order valence-electron chi connectivity index (χ2n) is 9.43. The quantitative estimate of drug-likeness (QED) is 0.393. The molecule has 0 unspecified atom stereocenters. The third-order valence-corrected chi connectivity index (χ3v) is 7.33. The number of carbonyl (C=O) groups is 2. The summed E-state index contributed by atoms with van der Waals surface area (Å²) >= 11 is 0. The van der Waals surface area contributed by atoms with Gasteiger partial charge >= 0.3 is 0 Å². The summed E-state index contributed by atoms with van der Waals surface area (Å²) in [5, 5.41) is 5.61. The third-order valence-electron chi connectivity index (χ3n) is 7.33. The molecule has 2 saturated heterocycles. The number of nitrogen functional groups attached to an aromatic ring is 1. The number of rotatable bonds is 4. The molecule has 10 nitrogen and oxygen atoms in total. The average molecular weight is 501 g/mol. The largest absolute Gasteiger partial charge is 0.382 e. The van der Waals surface area contributed by atoms with Crippen LogP contribution < -0.4 is 21.3 Å². The van der Waals surface area contributed by atoms with Gasteiger partial charge in [0.1, 0.15) is 28.7 Å². The Morgan fingerprint density at radius 2 is 1.95 bits per heavy atom. The van der Waals surface area contributed by atoms with Crippen LogP contribution in [0.15, 0.2) is 55.0 Å². The van der Waals surface area contributed by atoms with E-state index in [1.54, 1.807) is 36.8 Å². The van der Waals surface area contributed by atoms with E-state index in [0.29, 0.717) is 42.6 Å². The highest BCUT2D eigenvalue weighted by atomic mass is 19.1. The second kappa shape index (κ2) is 8.84. The monoisotopic (exact) mass is 500 g/mol. The number of imidazole rings is 1. The van der Waals surface area contributed by atoms with Gasteiger partial charge in [-0.25, -0.2) is 19.3 Å². The summed E-state index contributed by atoms with van der Waals surface area (Å²) in [5.41, 5.74) is 7.10. The van der Waals surface area contributed by atoms with Gasteiger partial charge in [-0.1, -0.05) is 6.07 Å². The SMILES string of the molecule is Nc1nccn2c(N3CCC4(CCNC4=O)CC3)nc(-c3ccc(C(=O)Nc4ccccn4)cc3F)c12. The van der Waals surface area contributed by atoms with Gasteiger partial charge in [-0.15, -0.1) is 0 Å². The van der Waals surface area contributed by atoms with E-state index in [4.69, 9.17) is 10.7 Å². The predicted octanol–water partition coefficient (Wildman–Crippen LogP) is 2.87. The molecule has 3 aromatic heterocycles. The first-order chi connectivity index (χ1) is 17.9. The molecule has 0 atom stereocenters. The molecule has 0 saturated carbocycles. The molecule has 6 rings (SSSR count). The molecule has 0 radical (unpaired) electrons. The molecule has 1 spiro atoms. The highest BCUT2D eigenvalue weighted by Gasteiger charge is 2.45. The van der Waals surface area contributed by atoms with Gasteiger partial charge in [0.2, 0.25) is 11.9 Å². The number of hydrogen-bond acceptors (Lipinski definition) is 7. The van der Waals surface area contributed by atoms with Crippen molar-refractivity contribution in [2.45, 2.75) is 19.3 Å². The molecule has 0 aliphatic carbocycles. The first kappa shape index (κ1) is 22.9. The van der Waals surface area contributed by atoms with Crippen LogP contribution in [0, 0.1) is 11.2 Å². The lowest BCUT2D eigenvalue weighted by atomic mass is 9.77. The van der Waals surface area contributed by atoms with Crippen molar-refractivity contribution in [1.82, 2.24) is 24.7 Å². The molecule has 4 N–H and O–H groups in total. The maximum Gasteiger partial charge on any atom is 0.256 e. The lowest BCUT2D eigenvalue weighted by Crippen LogP contribution is -2.44. The summed E-state index contributed by atoms with van der Waals surface area (Å²) in [5.74, 6) is 0.255. The van der Waals surface area contributed by atoms with Crippen LogP contribution in [0.25, 0.3) is 16.8 Å². The van der Waals surface area contributed by atoms with Crippen molar-refractivity contribution in [3.05, 3.63) is 66.4 Å². The molecule has 1 aromatic carbocycles. The number of nitrogens with one attached hydrogen (secondary N) is 2. The Kier molecular flexibility index (Phi) is 5.47. The fourth-order valence-corrected chi connectivity index (χ4v) is 5.26. The maximum atomic E-state index is 15.4. The summed E-state index contributed by atoms with van der Waals surface area (Å²) in [6, 6.07) is 9.37. The lowest BCUT2D eigenvalue weighted by molar-refractivity contribution is -0.128. The van der Waals surface area contributed by atoms with Gasteiger partial charge in [-0.3, -0.25) is 14.0 Å². The molecule has 11 heteroatoms. The van der Waals surface area contributed by atoms with Gasteiger partial charge < -0.3 is 21.3 Å². The Morgan fingerprint density at radius 3 is 2.65 bits per heavy atom. The number of anilines is 3.